The molecule has 0 saturated heterocycles. The van der Waals surface area contributed by atoms with Crippen molar-refractivity contribution in [2.75, 3.05) is 0 Å². The monoisotopic (exact) mass is 230 g/mol. The Morgan fingerprint density at radius 3 is 2.41 bits per heavy atom. The summed E-state index contributed by atoms with van der Waals surface area (Å²) in [5, 5.41) is 0. The molecule has 1 rings (SSSR count). The standard InChI is InChI=1S/C13H14.2C2H6/c1-3-4-9-12(2)13-10-7-5-6-8-11-13;2*1-2/h3-5,7-11H,1-2,6H2;2*1-2H3/b9-4-;;. The van der Waals surface area contributed by atoms with Crippen molar-refractivity contribution < 1.29 is 0 Å². The average Bonchev–Trinajstić information content (AvgIpc) is 2.69. The van der Waals surface area contributed by atoms with Gasteiger partial charge in [0.05, 0.1) is 0 Å². The van der Waals surface area contributed by atoms with Crippen molar-refractivity contribution in [1.29, 1.82) is 0 Å². The van der Waals surface area contributed by atoms with Gasteiger partial charge in [-0.15, -0.1) is 0 Å². The molecule has 0 fully saturated rings. The van der Waals surface area contributed by atoms with Gasteiger partial charge in [-0.2, -0.15) is 0 Å². The molecule has 0 aromatic rings. The van der Waals surface area contributed by atoms with Crippen LogP contribution >= 0.6 is 0 Å². The molecular weight excluding hydrogens is 204 g/mol. The lowest BCUT2D eigenvalue weighted by Crippen LogP contribution is -1.78. The minimum absolute atomic E-state index is 0.998. The number of rotatable bonds is 3. The summed E-state index contributed by atoms with van der Waals surface area (Å²) >= 11 is 0. The zero-order valence-corrected chi connectivity index (χ0v) is 11.7. The third kappa shape index (κ3) is 9.37. The molecule has 0 radical (unpaired) electrons. The van der Waals surface area contributed by atoms with Crippen LogP contribution < -0.4 is 0 Å². The topological polar surface area (TPSA) is 0 Å². The van der Waals surface area contributed by atoms with Crippen LogP contribution in [-0.4, -0.2) is 0 Å². The molecule has 0 aliphatic heterocycles. The second-order valence-electron chi connectivity index (χ2n) is 2.81. The van der Waals surface area contributed by atoms with Crippen LogP contribution in [0.5, 0.6) is 0 Å². The Hall–Kier alpha value is -1.56. The molecule has 0 saturated carbocycles. The minimum Gasteiger partial charge on any atom is -0.0991 e. The summed E-state index contributed by atoms with van der Waals surface area (Å²) in [7, 11) is 0. The Morgan fingerprint density at radius 2 is 1.82 bits per heavy atom. The SMILES string of the molecule is C=C/C=C\C(=C)C1=CC=CCC=C1.CC.CC. The Balaban J connectivity index is 0. The van der Waals surface area contributed by atoms with Crippen molar-refractivity contribution in [3.05, 3.63) is 72.9 Å². The summed E-state index contributed by atoms with van der Waals surface area (Å²) in [5.41, 5.74) is 2.18. The van der Waals surface area contributed by atoms with E-state index < -0.39 is 0 Å². The van der Waals surface area contributed by atoms with E-state index in [9.17, 15) is 0 Å². The number of hydrogen-bond acceptors (Lipinski definition) is 0. The first-order valence-corrected chi connectivity index (χ1v) is 6.36. The highest BCUT2D eigenvalue weighted by Crippen LogP contribution is 2.14. The van der Waals surface area contributed by atoms with Gasteiger partial charge in [0.2, 0.25) is 0 Å². The van der Waals surface area contributed by atoms with Gasteiger partial charge < -0.3 is 0 Å². The van der Waals surface area contributed by atoms with Crippen LogP contribution in [-0.2, 0) is 0 Å². The fourth-order valence-electron chi connectivity index (χ4n) is 1.07. The van der Waals surface area contributed by atoms with Gasteiger partial charge in [-0.05, 0) is 17.6 Å². The third-order valence-corrected chi connectivity index (χ3v) is 1.79. The zero-order chi connectivity index (χ0) is 13.5. The maximum Gasteiger partial charge on any atom is -0.0163 e. The van der Waals surface area contributed by atoms with E-state index in [0.717, 1.165) is 17.6 Å². The lowest BCUT2D eigenvalue weighted by Gasteiger charge is -1.98. The third-order valence-electron chi connectivity index (χ3n) is 1.79. The van der Waals surface area contributed by atoms with Gasteiger partial charge in [0.1, 0.15) is 0 Å². The summed E-state index contributed by atoms with van der Waals surface area (Å²) < 4.78 is 0. The predicted octanol–water partition coefficient (Wildman–Crippen LogP) is 5.78. The van der Waals surface area contributed by atoms with Crippen LogP contribution in [0, 0.1) is 0 Å². The first-order chi connectivity index (χ1) is 8.34. The normalized spacial score (nSPS) is 12.6. The summed E-state index contributed by atoms with van der Waals surface area (Å²) in [6.45, 7) is 15.6. The summed E-state index contributed by atoms with van der Waals surface area (Å²) in [6, 6.07) is 0. The van der Waals surface area contributed by atoms with E-state index in [1.807, 2.05) is 39.8 Å². The van der Waals surface area contributed by atoms with Gasteiger partial charge in [0.15, 0.2) is 0 Å². The molecule has 1 aliphatic rings. The average molecular weight is 230 g/mol. The first kappa shape index (κ1) is 17.8. The molecule has 17 heavy (non-hydrogen) atoms. The van der Waals surface area contributed by atoms with E-state index in [1.54, 1.807) is 6.08 Å². The van der Waals surface area contributed by atoms with Gasteiger partial charge in [0.25, 0.3) is 0 Å². The molecule has 0 nitrogen and oxygen atoms in total. The number of hydrogen-bond donors (Lipinski definition) is 0. The molecule has 0 amide bonds. The van der Waals surface area contributed by atoms with Gasteiger partial charge in [-0.3, -0.25) is 0 Å². The molecule has 0 N–H and O–H groups in total. The van der Waals surface area contributed by atoms with Crippen molar-refractivity contribution in [2.24, 2.45) is 0 Å². The molecule has 0 aromatic heterocycles. The quantitative estimate of drug-likeness (QED) is 0.539. The van der Waals surface area contributed by atoms with Crippen molar-refractivity contribution in [1.82, 2.24) is 0 Å². The highest BCUT2D eigenvalue weighted by atomic mass is 14.0. The van der Waals surface area contributed by atoms with E-state index in [1.165, 1.54) is 0 Å². The highest BCUT2D eigenvalue weighted by Gasteiger charge is 1.94. The van der Waals surface area contributed by atoms with E-state index in [0.29, 0.717) is 0 Å². The molecule has 0 spiro atoms. The molecule has 0 unspecified atom stereocenters. The smallest absolute Gasteiger partial charge is 0.0163 e. The zero-order valence-electron chi connectivity index (χ0n) is 11.7. The fraction of sp³-hybridized carbons (Fsp3) is 0.294. The Kier molecular flexibility index (Phi) is 15.1. The number of allylic oxidation sites excluding steroid dienone is 10. The second-order valence-corrected chi connectivity index (χ2v) is 2.81. The molecule has 0 aromatic carbocycles. The first-order valence-electron chi connectivity index (χ1n) is 6.36. The molecule has 94 valence electrons. The molecule has 1 aliphatic carbocycles. The van der Waals surface area contributed by atoms with Crippen molar-refractivity contribution in [2.45, 2.75) is 34.1 Å². The summed E-state index contributed by atoms with van der Waals surface area (Å²) in [6.07, 6.45) is 17.1. The van der Waals surface area contributed by atoms with E-state index in [4.69, 9.17) is 0 Å². The van der Waals surface area contributed by atoms with Crippen LogP contribution in [0.2, 0.25) is 0 Å². The lowest BCUT2D eigenvalue weighted by molar-refractivity contribution is 1.40. The Morgan fingerprint density at radius 1 is 1.18 bits per heavy atom. The summed E-state index contributed by atoms with van der Waals surface area (Å²) in [4.78, 5) is 0. The van der Waals surface area contributed by atoms with Gasteiger partial charge in [0, 0.05) is 0 Å². The maximum atomic E-state index is 3.97. The lowest BCUT2D eigenvalue weighted by atomic mass is 10.1. The van der Waals surface area contributed by atoms with Crippen LogP contribution in [0.1, 0.15) is 34.1 Å². The van der Waals surface area contributed by atoms with E-state index >= 15 is 0 Å². The van der Waals surface area contributed by atoms with Gasteiger partial charge in [-0.25, -0.2) is 0 Å². The highest BCUT2D eigenvalue weighted by molar-refractivity contribution is 5.47. The van der Waals surface area contributed by atoms with Gasteiger partial charge >= 0.3 is 0 Å². The molecular formula is C17H26. The predicted molar refractivity (Wildman–Crippen MR) is 82.2 cm³/mol. The van der Waals surface area contributed by atoms with Crippen molar-refractivity contribution in [3.63, 3.8) is 0 Å². The Bertz CT molecular complexity index is 309. The Labute approximate surface area is 107 Å². The van der Waals surface area contributed by atoms with Crippen LogP contribution in [0.25, 0.3) is 0 Å². The van der Waals surface area contributed by atoms with E-state index in [-0.39, 0.29) is 0 Å². The van der Waals surface area contributed by atoms with Gasteiger partial charge in [-0.1, -0.05) is 89.5 Å². The molecule has 0 atom stereocenters. The van der Waals surface area contributed by atoms with Crippen LogP contribution in [0.15, 0.2) is 72.9 Å². The van der Waals surface area contributed by atoms with Crippen LogP contribution in [0.3, 0.4) is 0 Å². The largest absolute Gasteiger partial charge is 0.0991 e. The fourth-order valence-corrected chi connectivity index (χ4v) is 1.07. The summed E-state index contributed by atoms with van der Waals surface area (Å²) in [5.74, 6) is 0. The molecule has 0 heterocycles. The van der Waals surface area contributed by atoms with Crippen molar-refractivity contribution >= 4 is 0 Å². The van der Waals surface area contributed by atoms with Crippen LogP contribution in [0.4, 0.5) is 0 Å². The van der Waals surface area contributed by atoms with E-state index in [2.05, 4.69) is 43.5 Å². The maximum absolute atomic E-state index is 3.97. The molecule has 0 bridgehead atoms. The minimum atomic E-state index is 0.998. The van der Waals surface area contributed by atoms with Crippen molar-refractivity contribution in [3.8, 4) is 0 Å². The molecule has 0 heteroatoms. The second kappa shape index (κ2) is 14.4.